The predicted octanol–water partition coefficient (Wildman–Crippen LogP) is 4.79. The van der Waals surface area contributed by atoms with Gasteiger partial charge in [0, 0.05) is 13.2 Å². The van der Waals surface area contributed by atoms with Crippen LogP contribution in [0.3, 0.4) is 0 Å². The summed E-state index contributed by atoms with van der Waals surface area (Å²) < 4.78 is 104. The zero-order chi connectivity index (χ0) is 18.0. The molecular weight excluding hydrogens is 389 g/mol. The van der Waals surface area contributed by atoms with Crippen molar-refractivity contribution >= 4 is 15.9 Å². The molecule has 0 N–H and O–H groups in total. The number of ether oxygens (including phenoxy) is 2. The fraction of sp³-hybridized carbons (Fsp3) is 0.833. The van der Waals surface area contributed by atoms with Crippen LogP contribution in [0, 0.1) is 5.92 Å². The third-order valence-corrected chi connectivity index (χ3v) is 3.13. The van der Waals surface area contributed by atoms with Crippen LogP contribution in [0.5, 0.6) is 0 Å². The lowest BCUT2D eigenvalue weighted by Gasteiger charge is -2.48. The molecule has 0 bridgehead atoms. The molecule has 0 saturated carbocycles. The molecule has 1 aliphatic carbocycles. The van der Waals surface area contributed by atoms with E-state index in [4.69, 9.17) is 0 Å². The van der Waals surface area contributed by atoms with Crippen LogP contribution in [0.1, 0.15) is 13.8 Å². The maximum absolute atomic E-state index is 14.5. The molecule has 0 aromatic rings. The van der Waals surface area contributed by atoms with E-state index in [1.54, 1.807) is 0 Å². The van der Waals surface area contributed by atoms with Crippen LogP contribution in [-0.4, -0.2) is 43.1 Å². The number of rotatable bonds is 4. The second-order valence-corrected chi connectivity index (χ2v) is 4.70. The lowest BCUT2D eigenvalue weighted by Crippen LogP contribution is -2.71. The number of hydrogen-bond donors (Lipinski definition) is 0. The summed E-state index contributed by atoms with van der Waals surface area (Å²) in [7, 11) is 0.940. The molecule has 0 fully saturated rings. The monoisotopic (exact) mass is 404 g/mol. The maximum atomic E-state index is 14.5. The highest BCUT2D eigenvalue weighted by Crippen LogP contribution is 2.61. The number of halogens is 8. The van der Waals surface area contributed by atoms with Crippen molar-refractivity contribution in [3.05, 3.63) is 11.9 Å². The van der Waals surface area contributed by atoms with E-state index in [1.165, 1.54) is 0 Å². The highest BCUT2D eigenvalue weighted by Gasteiger charge is 2.83. The van der Waals surface area contributed by atoms with Crippen molar-refractivity contribution in [1.82, 2.24) is 0 Å². The Balaban J connectivity index is 0.00000211. The molecule has 1 aliphatic rings. The van der Waals surface area contributed by atoms with Gasteiger partial charge < -0.3 is 9.47 Å². The largest absolute Gasteiger partial charge is 0.358 e. The van der Waals surface area contributed by atoms with E-state index in [0.29, 0.717) is 13.8 Å². The van der Waals surface area contributed by atoms with E-state index < -0.39 is 48.0 Å². The van der Waals surface area contributed by atoms with Crippen molar-refractivity contribution in [2.24, 2.45) is 5.92 Å². The van der Waals surface area contributed by atoms with Gasteiger partial charge in [-0.2, -0.15) is 17.6 Å². The lowest BCUT2D eigenvalue weighted by molar-refractivity contribution is -0.363. The molecular formula is C12H16BrF7O2. The van der Waals surface area contributed by atoms with Gasteiger partial charge in [-0.3, -0.25) is 0 Å². The van der Waals surface area contributed by atoms with Crippen molar-refractivity contribution in [2.45, 2.75) is 37.2 Å². The molecule has 2 unspecified atom stereocenters. The molecule has 22 heavy (non-hydrogen) atoms. The Morgan fingerprint density at radius 1 is 1.09 bits per heavy atom. The predicted molar refractivity (Wildman–Crippen MR) is 69.4 cm³/mol. The first-order chi connectivity index (χ1) is 9.88. The van der Waals surface area contributed by atoms with Crippen LogP contribution < -0.4 is 0 Å². The zero-order valence-electron chi connectivity index (χ0n) is 12.2. The van der Waals surface area contributed by atoms with E-state index in [0.717, 1.165) is 7.11 Å². The standard InChI is InChI=1S/C11H13F7O2.CH3Br/c1-6(2)9(15)10(16,20-5-19-3)7(12)4-8(13,14)11(9,17)18;1-2/h4,6H,5H2,1-3H3;1H3. The van der Waals surface area contributed by atoms with Crippen molar-refractivity contribution in [3.8, 4) is 0 Å². The molecule has 0 aromatic carbocycles. The topological polar surface area (TPSA) is 18.5 Å². The van der Waals surface area contributed by atoms with E-state index in [1.807, 2.05) is 5.83 Å². The van der Waals surface area contributed by atoms with Gasteiger partial charge in [-0.15, -0.1) is 0 Å². The number of methoxy groups -OCH3 is 1. The van der Waals surface area contributed by atoms with Gasteiger partial charge in [0.15, 0.2) is 12.6 Å². The molecule has 0 heterocycles. The Labute approximate surface area is 131 Å². The minimum absolute atomic E-state index is 0.715. The van der Waals surface area contributed by atoms with Crippen LogP contribution in [0.4, 0.5) is 30.7 Å². The Hall–Kier alpha value is -0.350. The van der Waals surface area contributed by atoms with Gasteiger partial charge in [-0.25, -0.2) is 13.2 Å². The fourth-order valence-electron chi connectivity index (χ4n) is 2.01. The van der Waals surface area contributed by atoms with Crippen molar-refractivity contribution in [1.29, 1.82) is 0 Å². The molecule has 0 amide bonds. The fourth-order valence-corrected chi connectivity index (χ4v) is 2.01. The van der Waals surface area contributed by atoms with Crippen LogP contribution in [0.2, 0.25) is 0 Å². The van der Waals surface area contributed by atoms with Crippen molar-refractivity contribution in [2.75, 3.05) is 19.7 Å². The summed E-state index contributed by atoms with van der Waals surface area (Å²) in [5.74, 6) is -17.7. The average Bonchev–Trinajstić information content (AvgIpc) is 2.43. The normalized spacial score (nSPS) is 33.0. The minimum atomic E-state index is -5.51. The van der Waals surface area contributed by atoms with Crippen LogP contribution >= 0.6 is 15.9 Å². The summed E-state index contributed by atoms with van der Waals surface area (Å²) >= 11 is 2.94. The molecule has 0 aromatic heterocycles. The Morgan fingerprint density at radius 3 is 1.91 bits per heavy atom. The smallest absolute Gasteiger partial charge is 0.353 e. The van der Waals surface area contributed by atoms with Crippen molar-refractivity contribution < 1.29 is 40.2 Å². The Bertz CT molecular complexity index is 416. The van der Waals surface area contributed by atoms with Gasteiger partial charge in [0.1, 0.15) is 0 Å². The van der Waals surface area contributed by atoms with Crippen LogP contribution in [0.15, 0.2) is 11.9 Å². The molecule has 0 aliphatic heterocycles. The van der Waals surface area contributed by atoms with Crippen LogP contribution in [-0.2, 0) is 9.47 Å². The Kier molecular flexibility index (Phi) is 6.93. The van der Waals surface area contributed by atoms with E-state index in [9.17, 15) is 30.7 Å². The molecule has 2 atom stereocenters. The summed E-state index contributed by atoms with van der Waals surface area (Å²) in [5.41, 5.74) is -4.61. The minimum Gasteiger partial charge on any atom is -0.358 e. The second-order valence-electron chi connectivity index (χ2n) is 4.70. The Morgan fingerprint density at radius 2 is 1.55 bits per heavy atom. The summed E-state index contributed by atoms with van der Waals surface area (Å²) in [4.78, 5) is 0. The van der Waals surface area contributed by atoms with Gasteiger partial charge in [0.05, 0.1) is 0 Å². The molecule has 0 radical (unpaired) electrons. The molecule has 0 spiro atoms. The average molecular weight is 405 g/mol. The first kappa shape index (κ1) is 21.6. The van der Waals surface area contributed by atoms with Gasteiger partial charge in [-0.1, -0.05) is 29.8 Å². The summed E-state index contributed by atoms with van der Waals surface area (Å²) in [6.45, 7) is 0.331. The summed E-state index contributed by atoms with van der Waals surface area (Å²) in [6, 6.07) is 0. The first-order valence-electron chi connectivity index (χ1n) is 5.91. The molecule has 10 heteroatoms. The number of hydrogen-bond acceptors (Lipinski definition) is 2. The van der Waals surface area contributed by atoms with Gasteiger partial charge in [0.25, 0.3) is 0 Å². The second kappa shape index (κ2) is 7.04. The number of alkyl halides is 7. The summed E-state index contributed by atoms with van der Waals surface area (Å²) in [5, 5.41) is 0. The lowest BCUT2D eigenvalue weighted by atomic mass is 9.73. The molecule has 2 nitrogen and oxygen atoms in total. The van der Waals surface area contributed by atoms with E-state index >= 15 is 0 Å². The molecule has 0 saturated heterocycles. The zero-order valence-corrected chi connectivity index (χ0v) is 13.8. The van der Waals surface area contributed by atoms with Gasteiger partial charge in [0.2, 0.25) is 5.67 Å². The summed E-state index contributed by atoms with van der Waals surface area (Å²) in [6.07, 6.45) is -0.969. The van der Waals surface area contributed by atoms with Gasteiger partial charge in [-0.05, 0) is 11.8 Å². The third-order valence-electron chi connectivity index (χ3n) is 3.13. The van der Waals surface area contributed by atoms with E-state index in [-0.39, 0.29) is 0 Å². The number of allylic oxidation sites excluding steroid dienone is 1. The maximum Gasteiger partial charge on any atom is 0.353 e. The first-order valence-corrected chi connectivity index (χ1v) is 7.50. The van der Waals surface area contributed by atoms with Crippen LogP contribution in [0.25, 0.3) is 0 Å². The third kappa shape index (κ3) is 2.89. The van der Waals surface area contributed by atoms with Crippen molar-refractivity contribution in [3.63, 3.8) is 0 Å². The highest BCUT2D eigenvalue weighted by atomic mass is 79.9. The molecule has 132 valence electrons. The highest BCUT2D eigenvalue weighted by molar-refractivity contribution is 9.08. The quantitative estimate of drug-likeness (QED) is 0.381. The van der Waals surface area contributed by atoms with Gasteiger partial charge >= 0.3 is 17.7 Å². The molecule has 1 rings (SSSR count). The van der Waals surface area contributed by atoms with E-state index in [2.05, 4.69) is 25.4 Å². The SMILES string of the molecule is CBr.COCOC1(F)C(F)=CC(F)(F)C(F)(F)C1(F)C(C)C.